The SMILES string of the molecule is CCNC(=NCCc1ccc(Br)o1)NC1CCCC(S(=O)CC)C1.I. The van der Waals surface area contributed by atoms with E-state index in [1.807, 2.05) is 19.1 Å². The third-order valence-corrected chi connectivity index (χ3v) is 6.39. The fourth-order valence-electron chi connectivity index (χ4n) is 3.03. The number of hydrogen-bond donors (Lipinski definition) is 2. The highest BCUT2D eigenvalue weighted by Gasteiger charge is 2.25. The molecule has 0 spiro atoms. The molecule has 25 heavy (non-hydrogen) atoms. The molecular weight excluding hydrogens is 517 g/mol. The van der Waals surface area contributed by atoms with E-state index in [1.54, 1.807) is 0 Å². The second-order valence-corrected chi connectivity index (χ2v) is 8.80. The molecule has 5 nitrogen and oxygen atoms in total. The summed E-state index contributed by atoms with van der Waals surface area (Å²) in [6.45, 7) is 5.57. The van der Waals surface area contributed by atoms with E-state index in [1.165, 1.54) is 0 Å². The van der Waals surface area contributed by atoms with Gasteiger partial charge in [0.2, 0.25) is 0 Å². The zero-order valence-corrected chi connectivity index (χ0v) is 19.7. The topological polar surface area (TPSA) is 66.6 Å². The summed E-state index contributed by atoms with van der Waals surface area (Å²) in [6, 6.07) is 4.22. The lowest BCUT2D eigenvalue weighted by atomic mass is 9.95. The van der Waals surface area contributed by atoms with Crippen LogP contribution in [-0.4, -0.2) is 40.3 Å². The van der Waals surface area contributed by atoms with Crippen molar-refractivity contribution in [2.45, 2.75) is 57.2 Å². The Balaban J connectivity index is 0.00000312. The predicted molar refractivity (Wildman–Crippen MR) is 119 cm³/mol. The third-order valence-electron chi connectivity index (χ3n) is 4.22. The zero-order valence-electron chi connectivity index (χ0n) is 14.9. The van der Waals surface area contributed by atoms with Crippen LogP contribution in [0.25, 0.3) is 0 Å². The smallest absolute Gasteiger partial charge is 0.191 e. The van der Waals surface area contributed by atoms with Gasteiger partial charge in [-0.1, -0.05) is 13.3 Å². The molecule has 1 aromatic heterocycles. The second kappa shape index (κ2) is 12.3. The third kappa shape index (κ3) is 7.99. The number of nitrogens with one attached hydrogen (secondary N) is 2. The van der Waals surface area contributed by atoms with Crippen molar-refractivity contribution in [1.82, 2.24) is 10.6 Å². The maximum atomic E-state index is 12.1. The van der Waals surface area contributed by atoms with Gasteiger partial charge in [0.25, 0.3) is 0 Å². The lowest BCUT2D eigenvalue weighted by Crippen LogP contribution is -2.46. The van der Waals surface area contributed by atoms with Crippen molar-refractivity contribution in [3.8, 4) is 0 Å². The summed E-state index contributed by atoms with van der Waals surface area (Å²) in [5, 5.41) is 7.15. The van der Waals surface area contributed by atoms with Gasteiger partial charge in [0.05, 0.1) is 0 Å². The Morgan fingerprint density at radius 1 is 1.40 bits per heavy atom. The number of hydrogen-bond acceptors (Lipinski definition) is 3. The summed E-state index contributed by atoms with van der Waals surface area (Å²) in [4.78, 5) is 4.65. The lowest BCUT2D eigenvalue weighted by molar-refractivity contribution is 0.413. The molecule has 2 rings (SSSR count). The fraction of sp³-hybridized carbons (Fsp3) is 0.706. The number of aliphatic imine (C=N–C) groups is 1. The van der Waals surface area contributed by atoms with E-state index in [0.717, 1.165) is 60.8 Å². The molecule has 0 aromatic carbocycles. The lowest BCUT2D eigenvalue weighted by Gasteiger charge is -2.30. The molecule has 3 unspecified atom stereocenters. The van der Waals surface area contributed by atoms with E-state index >= 15 is 0 Å². The Morgan fingerprint density at radius 2 is 2.20 bits per heavy atom. The van der Waals surface area contributed by atoms with Crippen LogP contribution in [0.4, 0.5) is 0 Å². The summed E-state index contributed by atoms with van der Waals surface area (Å²) in [6.07, 6.45) is 5.08. The first-order valence-electron chi connectivity index (χ1n) is 8.78. The number of furan rings is 1. The van der Waals surface area contributed by atoms with Crippen LogP contribution in [0, 0.1) is 0 Å². The molecule has 1 heterocycles. The molecule has 1 saturated carbocycles. The molecule has 0 bridgehead atoms. The Labute approximate surface area is 178 Å². The van der Waals surface area contributed by atoms with Crippen LogP contribution in [0.5, 0.6) is 0 Å². The minimum atomic E-state index is -0.698. The first-order chi connectivity index (χ1) is 11.6. The molecule has 1 aliphatic carbocycles. The van der Waals surface area contributed by atoms with Crippen LogP contribution in [0.3, 0.4) is 0 Å². The minimum absolute atomic E-state index is 0. The van der Waals surface area contributed by atoms with Crippen LogP contribution in [0.15, 0.2) is 26.2 Å². The van der Waals surface area contributed by atoms with Gasteiger partial charge in [-0.3, -0.25) is 9.20 Å². The van der Waals surface area contributed by atoms with Crippen LogP contribution in [0.1, 0.15) is 45.3 Å². The Kier molecular flexibility index (Phi) is 11.3. The average Bonchev–Trinajstić information content (AvgIpc) is 3.00. The molecular formula is C17H29BrIN3O2S. The van der Waals surface area contributed by atoms with E-state index in [0.29, 0.717) is 17.8 Å². The van der Waals surface area contributed by atoms with Gasteiger partial charge in [-0.05, 0) is 54.2 Å². The van der Waals surface area contributed by atoms with E-state index in [4.69, 9.17) is 4.42 Å². The molecule has 1 aromatic rings. The molecule has 8 heteroatoms. The van der Waals surface area contributed by atoms with Gasteiger partial charge in [-0.2, -0.15) is 0 Å². The highest BCUT2D eigenvalue weighted by molar-refractivity contribution is 14.0. The number of guanidine groups is 1. The van der Waals surface area contributed by atoms with Gasteiger partial charge in [-0.15, -0.1) is 24.0 Å². The summed E-state index contributed by atoms with van der Waals surface area (Å²) in [5.74, 6) is 2.53. The molecule has 2 N–H and O–H groups in total. The maximum absolute atomic E-state index is 12.1. The maximum Gasteiger partial charge on any atom is 0.191 e. The highest BCUT2D eigenvalue weighted by atomic mass is 127. The van der Waals surface area contributed by atoms with Gasteiger partial charge < -0.3 is 15.1 Å². The molecule has 0 saturated heterocycles. The Bertz CT molecular complexity index is 568. The predicted octanol–water partition coefficient (Wildman–Crippen LogP) is 3.84. The molecule has 1 aliphatic rings. The van der Waals surface area contributed by atoms with Crippen molar-refractivity contribution in [1.29, 1.82) is 0 Å². The van der Waals surface area contributed by atoms with Crippen LogP contribution >= 0.6 is 39.9 Å². The molecule has 3 atom stereocenters. The standard InChI is InChI=1S/C17H28BrN3O2S.HI/c1-3-19-17(20-11-10-14-8-9-16(18)23-14)21-13-6-5-7-15(12-13)24(22)4-2;/h8-9,13,15H,3-7,10-12H2,1-2H3,(H2,19,20,21);1H. The summed E-state index contributed by atoms with van der Waals surface area (Å²) in [7, 11) is -0.698. The molecule has 0 radical (unpaired) electrons. The van der Waals surface area contributed by atoms with Crippen molar-refractivity contribution in [3.63, 3.8) is 0 Å². The van der Waals surface area contributed by atoms with E-state index in [2.05, 4.69) is 38.5 Å². The number of halogens is 2. The molecule has 144 valence electrons. The highest BCUT2D eigenvalue weighted by Crippen LogP contribution is 2.23. The van der Waals surface area contributed by atoms with E-state index in [-0.39, 0.29) is 24.0 Å². The van der Waals surface area contributed by atoms with Crippen molar-refractivity contribution in [3.05, 3.63) is 22.6 Å². The summed E-state index contributed by atoms with van der Waals surface area (Å²) in [5.41, 5.74) is 0. The summed E-state index contributed by atoms with van der Waals surface area (Å²) < 4.78 is 18.3. The van der Waals surface area contributed by atoms with Gasteiger partial charge in [-0.25, -0.2) is 0 Å². The normalized spacial score (nSPS) is 22.1. The molecule has 0 amide bonds. The van der Waals surface area contributed by atoms with Crippen LogP contribution < -0.4 is 10.6 Å². The van der Waals surface area contributed by atoms with Gasteiger partial charge in [0.15, 0.2) is 10.6 Å². The monoisotopic (exact) mass is 545 g/mol. The largest absolute Gasteiger partial charge is 0.454 e. The van der Waals surface area contributed by atoms with Gasteiger partial charge in [0, 0.05) is 47.4 Å². The first kappa shape index (κ1) is 23.0. The first-order valence-corrected chi connectivity index (χ1v) is 11.0. The van der Waals surface area contributed by atoms with Crippen molar-refractivity contribution in [2.75, 3.05) is 18.8 Å². The van der Waals surface area contributed by atoms with Crippen molar-refractivity contribution >= 4 is 56.7 Å². The van der Waals surface area contributed by atoms with Crippen LogP contribution in [-0.2, 0) is 17.2 Å². The second-order valence-electron chi connectivity index (χ2n) is 6.02. The minimum Gasteiger partial charge on any atom is -0.454 e. The summed E-state index contributed by atoms with van der Waals surface area (Å²) >= 11 is 3.31. The van der Waals surface area contributed by atoms with E-state index < -0.39 is 10.8 Å². The average molecular weight is 546 g/mol. The fourth-order valence-corrected chi connectivity index (χ4v) is 4.72. The number of nitrogens with zero attached hydrogens (tertiary/aromatic N) is 1. The van der Waals surface area contributed by atoms with Crippen molar-refractivity contribution < 1.29 is 8.63 Å². The quantitative estimate of drug-likeness (QED) is 0.310. The molecule has 0 aliphatic heterocycles. The van der Waals surface area contributed by atoms with E-state index in [9.17, 15) is 4.21 Å². The Morgan fingerprint density at radius 3 is 2.84 bits per heavy atom. The van der Waals surface area contributed by atoms with Crippen LogP contribution in [0.2, 0.25) is 0 Å². The van der Waals surface area contributed by atoms with Crippen molar-refractivity contribution in [2.24, 2.45) is 4.99 Å². The number of rotatable bonds is 7. The molecule has 1 fully saturated rings. The van der Waals surface area contributed by atoms with Gasteiger partial charge in [0.1, 0.15) is 5.76 Å². The Hall–Kier alpha value is -0.0900. The van der Waals surface area contributed by atoms with Gasteiger partial charge >= 0.3 is 0 Å². The zero-order chi connectivity index (χ0) is 17.4.